The van der Waals surface area contributed by atoms with Gasteiger partial charge in [0, 0.05) is 0 Å². The van der Waals surface area contributed by atoms with Crippen molar-refractivity contribution in [2.24, 2.45) is 0 Å². The maximum absolute atomic E-state index is 4.89. The van der Waals surface area contributed by atoms with Gasteiger partial charge in [0.1, 0.15) is 0 Å². The summed E-state index contributed by atoms with van der Waals surface area (Å²) in [7, 11) is 9.78. The summed E-state index contributed by atoms with van der Waals surface area (Å²) in [5.74, 6) is 0. The van der Waals surface area contributed by atoms with Gasteiger partial charge in [-0.25, -0.2) is 0 Å². The Morgan fingerprint density at radius 3 is 1.33 bits per heavy atom. The predicted octanol–water partition coefficient (Wildman–Crippen LogP) is 7.23. The van der Waals surface area contributed by atoms with Crippen molar-refractivity contribution in [3.63, 3.8) is 0 Å². The van der Waals surface area contributed by atoms with Crippen LogP contribution in [0.5, 0.6) is 0 Å². The van der Waals surface area contributed by atoms with Crippen LogP contribution >= 0.6 is 18.6 Å². The number of fused-ring (bicyclic) bond motifs is 3. The molecule has 0 fully saturated rings. The fourth-order valence-corrected chi connectivity index (χ4v) is 3.14. The fraction of sp³-hybridized carbons (Fsp3) is 0.429. The molecule has 3 heteroatoms. The summed E-state index contributed by atoms with van der Waals surface area (Å²) in [6.07, 6.45) is 1.08. The molecule has 1 aliphatic carbocycles. The second-order valence-electron chi connectivity index (χ2n) is 8.49. The zero-order valence-corrected chi connectivity index (χ0v) is 18.5. The van der Waals surface area contributed by atoms with E-state index in [1.807, 2.05) is 0 Å². The van der Waals surface area contributed by atoms with Crippen molar-refractivity contribution in [3.05, 3.63) is 58.7 Å². The fourth-order valence-electron chi connectivity index (χ4n) is 3.14. The van der Waals surface area contributed by atoms with Crippen molar-refractivity contribution in [3.8, 4) is 11.1 Å². The Hall–Kier alpha value is -0.266. The molecule has 0 radical (unpaired) electrons. The first-order valence-electron chi connectivity index (χ1n) is 8.31. The van der Waals surface area contributed by atoms with E-state index in [9.17, 15) is 0 Å². The minimum atomic E-state index is -0.556. The van der Waals surface area contributed by atoms with Gasteiger partial charge >= 0.3 is 35.6 Å². The molecule has 1 aliphatic rings. The number of benzene rings is 2. The quantitative estimate of drug-likeness (QED) is 0.351. The number of rotatable bonds is 0. The standard InChI is InChI=1S/C21H26.2ClH.Ti/c1-20(2,3)16-7-9-18-14(12-16)11-15-13-17(21(4,5)6)8-10-19(15)18;;;/h7-10,12-13H,11H2,1-6H3;2*1H;/q;;;+2/p-2. The van der Waals surface area contributed by atoms with Crippen LogP contribution in [0.25, 0.3) is 11.1 Å². The van der Waals surface area contributed by atoms with E-state index < -0.39 is 17.0 Å². The van der Waals surface area contributed by atoms with Crippen molar-refractivity contribution < 1.29 is 17.0 Å². The summed E-state index contributed by atoms with van der Waals surface area (Å²) in [5.41, 5.74) is 9.15. The van der Waals surface area contributed by atoms with Crippen molar-refractivity contribution in [2.75, 3.05) is 0 Å². The molecule has 0 bridgehead atoms. The van der Waals surface area contributed by atoms with E-state index >= 15 is 0 Å². The van der Waals surface area contributed by atoms with Gasteiger partial charge in [0.05, 0.1) is 0 Å². The van der Waals surface area contributed by atoms with Crippen LogP contribution in [0.4, 0.5) is 0 Å². The van der Waals surface area contributed by atoms with E-state index in [2.05, 4.69) is 77.9 Å². The Morgan fingerprint density at radius 2 is 1.04 bits per heavy atom. The van der Waals surface area contributed by atoms with Crippen LogP contribution in [-0.4, -0.2) is 0 Å². The van der Waals surface area contributed by atoms with Gasteiger partial charge in [0.2, 0.25) is 0 Å². The molecule has 0 saturated carbocycles. The van der Waals surface area contributed by atoms with Crippen molar-refractivity contribution >= 4 is 18.6 Å². The Labute approximate surface area is 163 Å². The molecular formula is C21H26Cl2Ti. The molecular weight excluding hydrogens is 371 g/mol. The SMILES string of the molecule is CC(C)(C)c1ccc2c(c1)Cc1cc(C(C)(C)C)ccc1-2.[Cl][Ti][Cl]. The van der Waals surface area contributed by atoms with Crippen molar-refractivity contribution in [1.29, 1.82) is 0 Å². The maximum atomic E-state index is 4.89. The molecule has 0 unspecified atom stereocenters. The third-order valence-corrected chi connectivity index (χ3v) is 4.61. The summed E-state index contributed by atoms with van der Waals surface area (Å²) in [6, 6.07) is 14.0. The van der Waals surface area contributed by atoms with Gasteiger partial charge in [0.25, 0.3) is 0 Å². The van der Waals surface area contributed by atoms with Crippen LogP contribution < -0.4 is 0 Å². The van der Waals surface area contributed by atoms with Gasteiger partial charge < -0.3 is 0 Å². The molecule has 0 saturated heterocycles. The molecule has 0 aliphatic heterocycles. The molecule has 0 atom stereocenters. The molecule has 128 valence electrons. The van der Waals surface area contributed by atoms with Crippen molar-refractivity contribution in [2.45, 2.75) is 58.8 Å². The Bertz CT molecular complexity index is 660. The van der Waals surface area contributed by atoms with Gasteiger partial charge in [0.15, 0.2) is 0 Å². The Kier molecular flexibility index (Phi) is 6.30. The van der Waals surface area contributed by atoms with E-state index in [1.54, 1.807) is 0 Å². The summed E-state index contributed by atoms with van der Waals surface area (Å²) < 4.78 is 0. The average Bonchev–Trinajstić information content (AvgIpc) is 2.82. The van der Waals surface area contributed by atoms with Gasteiger partial charge in [-0.2, -0.15) is 0 Å². The van der Waals surface area contributed by atoms with Crippen LogP contribution in [0.1, 0.15) is 63.8 Å². The van der Waals surface area contributed by atoms with Gasteiger partial charge in [-0.15, -0.1) is 0 Å². The summed E-state index contributed by atoms with van der Waals surface area (Å²) in [6.45, 7) is 13.7. The molecule has 0 amide bonds. The zero-order valence-electron chi connectivity index (χ0n) is 15.4. The monoisotopic (exact) mass is 396 g/mol. The number of hydrogen-bond acceptors (Lipinski definition) is 0. The van der Waals surface area contributed by atoms with Gasteiger partial charge in [-0.3, -0.25) is 0 Å². The Morgan fingerprint density at radius 1 is 0.708 bits per heavy atom. The van der Waals surface area contributed by atoms with E-state index in [4.69, 9.17) is 18.6 Å². The topological polar surface area (TPSA) is 0 Å². The van der Waals surface area contributed by atoms with E-state index in [1.165, 1.54) is 33.4 Å². The van der Waals surface area contributed by atoms with Crippen LogP contribution in [-0.2, 0) is 34.3 Å². The van der Waals surface area contributed by atoms with E-state index in [-0.39, 0.29) is 10.8 Å². The molecule has 0 aromatic heterocycles. The average molecular weight is 397 g/mol. The third kappa shape index (κ3) is 4.47. The molecule has 3 rings (SSSR count). The van der Waals surface area contributed by atoms with Crippen molar-refractivity contribution in [1.82, 2.24) is 0 Å². The molecule has 0 spiro atoms. The summed E-state index contributed by atoms with van der Waals surface area (Å²) in [4.78, 5) is 0. The van der Waals surface area contributed by atoms with Crippen LogP contribution in [0.2, 0.25) is 0 Å². The molecule has 0 heterocycles. The zero-order chi connectivity index (χ0) is 18.1. The first-order valence-corrected chi connectivity index (χ1v) is 12.6. The molecule has 0 N–H and O–H groups in total. The first-order chi connectivity index (χ1) is 11.1. The van der Waals surface area contributed by atoms with E-state index in [0.29, 0.717) is 0 Å². The van der Waals surface area contributed by atoms with Gasteiger partial charge in [-0.1, -0.05) is 77.9 Å². The third-order valence-electron chi connectivity index (χ3n) is 4.61. The normalized spacial score (nSPS) is 12.8. The number of hydrogen-bond donors (Lipinski definition) is 0. The second kappa shape index (κ2) is 7.54. The van der Waals surface area contributed by atoms with Crippen LogP contribution in [0, 0.1) is 0 Å². The summed E-state index contributed by atoms with van der Waals surface area (Å²) >= 11 is -0.556. The Balaban J connectivity index is 0.000000647. The number of halogens is 2. The molecule has 24 heavy (non-hydrogen) atoms. The summed E-state index contributed by atoms with van der Waals surface area (Å²) in [5, 5.41) is 0. The predicted molar refractivity (Wildman–Crippen MR) is 104 cm³/mol. The van der Waals surface area contributed by atoms with Gasteiger partial charge in [-0.05, 0) is 50.6 Å². The molecule has 0 nitrogen and oxygen atoms in total. The van der Waals surface area contributed by atoms with E-state index in [0.717, 1.165) is 6.42 Å². The van der Waals surface area contributed by atoms with Crippen LogP contribution in [0.15, 0.2) is 36.4 Å². The minimum absolute atomic E-state index is 0.223. The molecule has 2 aromatic rings. The first kappa shape index (κ1) is 20.1. The van der Waals surface area contributed by atoms with Crippen LogP contribution in [0.3, 0.4) is 0 Å². The second-order valence-corrected chi connectivity index (χ2v) is 11.1. The molecule has 2 aromatic carbocycles.